The van der Waals surface area contributed by atoms with Crippen LogP contribution in [0.1, 0.15) is 87.0 Å². The summed E-state index contributed by atoms with van der Waals surface area (Å²) in [4.78, 5) is 13.7. The van der Waals surface area contributed by atoms with Crippen LogP contribution in [-0.2, 0) is 12.8 Å². The number of benzene rings is 2. The van der Waals surface area contributed by atoms with Gasteiger partial charge in [-0.05, 0) is 66.4 Å². The minimum absolute atomic E-state index is 0.0293. The van der Waals surface area contributed by atoms with Crippen LogP contribution in [-0.4, -0.2) is 34.2 Å². The molecular formula is C34H44O6. The average Bonchev–Trinajstić information content (AvgIpc) is 2.92. The molecule has 1 unspecified atom stereocenters. The third kappa shape index (κ3) is 7.09. The van der Waals surface area contributed by atoms with Crippen molar-refractivity contribution in [1.82, 2.24) is 0 Å². The maximum absolute atomic E-state index is 13.7. The number of Topliss-reactive ketones (excluding diaryl/α,β-unsaturated/α-hetero) is 1. The Morgan fingerprint density at radius 3 is 2.08 bits per heavy atom. The third-order valence-corrected chi connectivity index (χ3v) is 7.14. The van der Waals surface area contributed by atoms with Gasteiger partial charge in [-0.1, -0.05) is 41.0 Å². The summed E-state index contributed by atoms with van der Waals surface area (Å²) in [7, 11) is 6.47. The molecule has 0 aliphatic carbocycles. The Balaban J connectivity index is 2.06. The summed E-state index contributed by atoms with van der Waals surface area (Å²) in [6.07, 6.45) is 9.46. The molecule has 6 nitrogen and oxygen atoms in total. The second-order valence-electron chi connectivity index (χ2n) is 10.6. The van der Waals surface area contributed by atoms with Gasteiger partial charge in [0.15, 0.2) is 17.3 Å². The van der Waals surface area contributed by atoms with Crippen LogP contribution in [0, 0.1) is 0 Å². The molecule has 1 aliphatic rings. The molecule has 0 saturated heterocycles. The van der Waals surface area contributed by atoms with Gasteiger partial charge in [-0.25, -0.2) is 0 Å². The number of fused-ring (bicyclic) bond motifs is 1. The summed E-state index contributed by atoms with van der Waals surface area (Å²) in [5, 5.41) is 0. The summed E-state index contributed by atoms with van der Waals surface area (Å²) < 4.78 is 29.5. The maximum Gasteiger partial charge on any atom is 0.174 e. The fourth-order valence-electron chi connectivity index (χ4n) is 5.04. The molecule has 0 amide bonds. The van der Waals surface area contributed by atoms with E-state index >= 15 is 0 Å². The zero-order chi connectivity index (χ0) is 29.4. The highest BCUT2D eigenvalue weighted by Crippen LogP contribution is 2.47. The lowest BCUT2D eigenvalue weighted by atomic mass is 9.89. The van der Waals surface area contributed by atoms with Crippen molar-refractivity contribution in [2.24, 2.45) is 0 Å². The summed E-state index contributed by atoms with van der Waals surface area (Å²) in [5.41, 5.74) is 6.93. The van der Waals surface area contributed by atoms with Gasteiger partial charge in [-0.2, -0.15) is 0 Å². The van der Waals surface area contributed by atoms with Crippen molar-refractivity contribution in [2.45, 2.75) is 72.8 Å². The maximum atomic E-state index is 13.7. The van der Waals surface area contributed by atoms with Crippen molar-refractivity contribution >= 4 is 5.78 Å². The van der Waals surface area contributed by atoms with Gasteiger partial charge in [0, 0.05) is 22.8 Å². The molecule has 0 fully saturated rings. The minimum atomic E-state index is -0.493. The van der Waals surface area contributed by atoms with Gasteiger partial charge in [0.1, 0.15) is 28.9 Å². The van der Waals surface area contributed by atoms with E-state index in [4.69, 9.17) is 23.7 Å². The van der Waals surface area contributed by atoms with E-state index in [1.54, 1.807) is 28.4 Å². The van der Waals surface area contributed by atoms with Crippen LogP contribution in [0.15, 0.2) is 53.1 Å². The first-order valence-corrected chi connectivity index (χ1v) is 13.8. The van der Waals surface area contributed by atoms with Crippen molar-refractivity contribution in [3.63, 3.8) is 0 Å². The predicted molar refractivity (Wildman–Crippen MR) is 161 cm³/mol. The van der Waals surface area contributed by atoms with E-state index in [1.807, 2.05) is 32.0 Å². The lowest BCUT2D eigenvalue weighted by molar-refractivity contribution is 0.0842. The van der Waals surface area contributed by atoms with Crippen LogP contribution >= 0.6 is 0 Å². The number of methoxy groups -OCH3 is 4. The second-order valence-corrected chi connectivity index (χ2v) is 10.6. The van der Waals surface area contributed by atoms with Gasteiger partial charge in [0.2, 0.25) is 0 Å². The molecule has 2 aromatic rings. The zero-order valence-corrected chi connectivity index (χ0v) is 25.5. The molecule has 3 rings (SSSR count). The Bertz CT molecular complexity index is 1310. The van der Waals surface area contributed by atoms with Crippen molar-refractivity contribution < 1.29 is 28.5 Å². The van der Waals surface area contributed by atoms with Crippen LogP contribution in [0.4, 0.5) is 0 Å². The molecule has 1 aliphatic heterocycles. The van der Waals surface area contributed by atoms with E-state index in [1.165, 1.54) is 16.7 Å². The Kier molecular flexibility index (Phi) is 10.9. The second kappa shape index (κ2) is 14.1. The van der Waals surface area contributed by atoms with E-state index in [-0.39, 0.29) is 12.2 Å². The monoisotopic (exact) mass is 548 g/mol. The fraction of sp³-hybridized carbons (Fsp3) is 0.441. The van der Waals surface area contributed by atoms with Gasteiger partial charge >= 0.3 is 0 Å². The fourth-order valence-corrected chi connectivity index (χ4v) is 5.04. The quantitative estimate of drug-likeness (QED) is 0.249. The van der Waals surface area contributed by atoms with E-state index in [9.17, 15) is 4.79 Å². The number of carbonyl (C=O) groups excluding carboxylic acids is 1. The van der Waals surface area contributed by atoms with Crippen LogP contribution in [0.25, 0.3) is 0 Å². The molecule has 2 aromatic carbocycles. The topological polar surface area (TPSA) is 63.2 Å². The van der Waals surface area contributed by atoms with Crippen molar-refractivity contribution in [1.29, 1.82) is 0 Å². The molecule has 40 heavy (non-hydrogen) atoms. The lowest BCUT2D eigenvalue weighted by Crippen LogP contribution is -2.23. The summed E-state index contributed by atoms with van der Waals surface area (Å²) in [5.74, 6) is 2.87. The van der Waals surface area contributed by atoms with Crippen molar-refractivity contribution in [3.05, 3.63) is 75.4 Å². The molecule has 0 N–H and O–H groups in total. The third-order valence-electron chi connectivity index (χ3n) is 7.14. The Morgan fingerprint density at radius 1 is 0.825 bits per heavy atom. The molecule has 216 valence electrons. The molecule has 0 aromatic heterocycles. The Labute approximate surface area is 239 Å². The number of carbonyl (C=O) groups is 1. The van der Waals surface area contributed by atoms with Crippen LogP contribution < -0.4 is 23.7 Å². The molecule has 0 spiro atoms. The number of rotatable bonds is 12. The number of ketones is 1. The zero-order valence-electron chi connectivity index (χ0n) is 25.5. The highest BCUT2D eigenvalue weighted by molar-refractivity contribution is 6.03. The van der Waals surface area contributed by atoms with E-state index in [0.717, 1.165) is 29.5 Å². The molecule has 0 saturated carbocycles. The molecule has 1 heterocycles. The number of hydrogen-bond acceptors (Lipinski definition) is 6. The summed E-state index contributed by atoms with van der Waals surface area (Å²) in [6, 6.07) is 5.66. The van der Waals surface area contributed by atoms with Gasteiger partial charge < -0.3 is 23.7 Å². The number of allylic oxidation sites excluding steroid dienone is 6. The first-order chi connectivity index (χ1) is 19.1. The number of ether oxygens (including phenoxy) is 5. The molecule has 1 atom stereocenters. The highest BCUT2D eigenvalue weighted by Gasteiger charge is 2.35. The Morgan fingerprint density at radius 2 is 1.48 bits per heavy atom. The van der Waals surface area contributed by atoms with Crippen molar-refractivity contribution in [2.75, 3.05) is 28.4 Å². The van der Waals surface area contributed by atoms with Gasteiger partial charge in [-0.15, -0.1) is 0 Å². The van der Waals surface area contributed by atoms with Gasteiger partial charge in [0.25, 0.3) is 0 Å². The van der Waals surface area contributed by atoms with Crippen LogP contribution in [0.5, 0.6) is 28.7 Å². The molecule has 0 bridgehead atoms. The van der Waals surface area contributed by atoms with Crippen molar-refractivity contribution in [3.8, 4) is 28.7 Å². The number of hydrogen-bond donors (Lipinski definition) is 0. The smallest absolute Gasteiger partial charge is 0.174 e. The predicted octanol–water partition coefficient (Wildman–Crippen LogP) is 8.17. The average molecular weight is 549 g/mol. The standard InChI is InChI=1S/C34H44O6/c1-21(2)11-10-12-23(5)14-16-25-24(17-18-28(36-6)33(25)38-8)30-19-27(35)32-31(40-30)20-29(37-7)26(34(32)39-9)15-13-22(3)4/h11,13-14,17-18,20,30H,10,12,15-16,19H2,1-9H3/b23-14+. The van der Waals surface area contributed by atoms with Crippen LogP contribution in [0.2, 0.25) is 0 Å². The van der Waals surface area contributed by atoms with Gasteiger partial charge in [-0.3, -0.25) is 4.79 Å². The minimum Gasteiger partial charge on any atom is -0.496 e. The lowest BCUT2D eigenvalue weighted by Gasteiger charge is -2.30. The molecule has 6 heteroatoms. The normalized spacial score (nSPS) is 14.6. The molecular weight excluding hydrogens is 504 g/mol. The first-order valence-electron chi connectivity index (χ1n) is 13.8. The highest BCUT2D eigenvalue weighted by atomic mass is 16.5. The summed E-state index contributed by atoms with van der Waals surface area (Å²) in [6.45, 7) is 10.5. The van der Waals surface area contributed by atoms with Gasteiger partial charge in [0.05, 0.1) is 34.9 Å². The largest absolute Gasteiger partial charge is 0.496 e. The van der Waals surface area contributed by atoms with E-state index < -0.39 is 6.10 Å². The summed E-state index contributed by atoms with van der Waals surface area (Å²) >= 11 is 0. The SMILES string of the molecule is COc1cc2c(c(OC)c1CC=C(C)C)C(=O)CC(c1ccc(OC)c(OC)c1C/C=C(\C)CCC=C(C)C)O2. The van der Waals surface area contributed by atoms with Crippen LogP contribution in [0.3, 0.4) is 0 Å². The Hall–Kier alpha value is -3.67. The van der Waals surface area contributed by atoms with E-state index in [0.29, 0.717) is 47.2 Å². The molecule has 0 radical (unpaired) electrons. The first kappa shape index (κ1) is 30.9. The van der Waals surface area contributed by atoms with E-state index in [2.05, 4.69) is 39.0 Å².